The molecule has 1 saturated heterocycles. The lowest BCUT2D eigenvalue weighted by Crippen LogP contribution is -2.27. The number of aromatic nitrogens is 2. The first-order valence-electron chi connectivity index (χ1n) is 7.70. The zero-order valence-corrected chi connectivity index (χ0v) is 13.6. The largest absolute Gasteiger partial charge is 0.343 e. The summed E-state index contributed by atoms with van der Waals surface area (Å²) in [7, 11) is 2.03. The molecule has 118 valence electrons. The van der Waals surface area contributed by atoms with Crippen LogP contribution in [0.2, 0.25) is 5.02 Å². The van der Waals surface area contributed by atoms with E-state index in [1.165, 1.54) is 0 Å². The summed E-state index contributed by atoms with van der Waals surface area (Å²) >= 11 is 5.97. The van der Waals surface area contributed by atoms with Crippen molar-refractivity contribution < 1.29 is 9.47 Å². The fourth-order valence-electron chi connectivity index (χ4n) is 2.89. The number of benzene rings is 1. The zero-order valence-electron chi connectivity index (χ0n) is 12.8. The maximum Gasteiger partial charge on any atom is 0.194 e. The van der Waals surface area contributed by atoms with Crippen molar-refractivity contribution in [2.24, 2.45) is 7.05 Å². The number of hydrogen-bond donors (Lipinski definition) is 0. The lowest BCUT2D eigenvalue weighted by Gasteiger charge is -2.28. The van der Waals surface area contributed by atoms with Crippen molar-refractivity contribution >= 4 is 11.6 Å². The molecule has 0 unspecified atom stereocenters. The van der Waals surface area contributed by atoms with Crippen LogP contribution in [0, 0.1) is 0 Å². The van der Waals surface area contributed by atoms with Crippen molar-refractivity contribution in [2.45, 2.75) is 31.5 Å². The first kappa shape index (κ1) is 15.5. The predicted octanol–water partition coefficient (Wildman–Crippen LogP) is 3.69. The Kier molecular flexibility index (Phi) is 4.81. The van der Waals surface area contributed by atoms with Gasteiger partial charge in [0.2, 0.25) is 0 Å². The molecule has 1 aromatic carbocycles. The predicted molar refractivity (Wildman–Crippen MR) is 85.8 cm³/mol. The quantitative estimate of drug-likeness (QED) is 0.762. The molecule has 0 bridgehead atoms. The average Bonchev–Trinajstić information content (AvgIpc) is 3.15. The number of aryl methyl sites for hydroxylation is 2. The van der Waals surface area contributed by atoms with E-state index in [1.807, 2.05) is 43.7 Å². The molecule has 0 saturated carbocycles. The minimum atomic E-state index is -0.605. The molecule has 2 heterocycles. The highest BCUT2D eigenvalue weighted by Crippen LogP contribution is 2.36. The number of rotatable bonds is 6. The Morgan fingerprint density at radius 2 is 1.91 bits per heavy atom. The van der Waals surface area contributed by atoms with Gasteiger partial charge in [-0.15, -0.1) is 0 Å². The Bertz CT molecular complexity index is 603. The second kappa shape index (κ2) is 6.82. The molecule has 3 rings (SSSR count). The van der Waals surface area contributed by atoms with Gasteiger partial charge in [0.1, 0.15) is 5.82 Å². The number of nitrogens with zero attached hydrogens (tertiary/aromatic N) is 2. The molecule has 5 heteroatoms. The highest BCUT2D eigenvalue weighted by atomic mass is 35.5. The van der Waals surface area contributed by atoms with E-state index >= 15 is 0 Å². The van der Waals surface area contributed by atoms with Gasteiger partial charge in [0, 0.05) is 42.9 Å². The van der Waals surface area contributed by atoms with Crippen molar-refractivity contribution in [1.29, 1.82) is 0 Å². The van der Waals surface area contributed by atoms with Gasteiger partial charge in [0.25, 0.3) is 0 Å². The molecule has 0 amide bonds. The monoisotopic (exact) mass is 320 g/mol. The van der Waals surface area contributed by atoms with Crippen LogP contribution in [0.3, 0.4) is 0 Å². The minimum Gasteiger partial charge on any atom is -0.343 e. The summed E-state index contributed by atoms with van der Waals surface area (Å²) in [5.74, 6) is 0.514. The topological polar surface area (TPSA) is 36.3 Å². The molecular weight excluding hydrogens is 300 g/mol. The van der Waals surface area contributed by atoms with Gasteiger partial charge in [-0.3, -0.25) is 0 Å². The van der Waals surface area contributed by atoms with Crippen LogP contribution in [-0.2, 0) is 28.7 Å². The Balaban J connectivity index is 1.60. The van der Waals surface area contributed by atoms with Gasteiger partial charge in [0.05, 0.1) is 13.2 Å². The molecule has 0 radical (unpaired) electrons. The second-order valence-electron chi connectivity index (χ2n) is 5.62. The summed E-state index contributed by atoms with van der Waals surface area (Å²) < 4.78 is 13.9. The van der Waals surface area contributed by atoms with Gasteiger partial charge in [-0.1, -0.05) is 23.7 Å². The number of ether oxygens (including phenoxy) is 2. The fourth-order valence-corrected chi connectivity index (χ4v) is 3.02. The highest BCUT2D eigenvalue weighted by molar-refractivity contribution is 6.30. The molecule has 1 aliphatic rings. The smallest absolute Gasteiger partial charge is 0.194 e. The van der Waals surface area contributed by atoms with Crippen LogP contribution in [0.25, 0.3) is 0 Å². The second-order valence-corrected chi connectivity index (χ2v) is 6.05. The van der Waals surface area contributed by atoms with E-state index in [-0.39, 0.29) is 0 Å². The molecule has 22 heavy (non-hydrogen) atoms. The lowest BCUT2D eigenvalue weighted by atomic mass is 9.99. The summed E-state index contributed by atoms with van der Waals surface area (Å²) in [6.07, 6.45) is 7.73. The molecule has 1 aromatic heterocycles. The van der Waals surface area contributed by atoms with E-state index in [9.17, 15) is 0 Å². The number of halogens is 1. The molecular formula is C17H21ClN2O2. The lowest BCUT2D eigenvalue weighted by molar-refractivity contribution is -0.171. The van der Waals surface area contributed by atoms with Crippen molar-refractivity contribution in [2.75, 3.05) is 13.2 Å². The van der Waals surface area contributed by atoms with E-state index in [4.69, 9.17) is 21.1 Å². The van der Waals surface area contributed by atoms with E-state index in [0.29, 0.717) is 13.2 Å². The van der Waals surface area contributed by atoms with Crippen molar-refractivity contribution in [3.63, 3.8) is 0 Å². The summed E-state index contributed by atoms with van der Waals surface area (Å²) in [6, 6.07) is 7.76. The summed E-state index contributed by atoms with van der Waals surface area (Å²) in [5, 5.41) is 0.728. The number of unbranched alkanes of at least 4 members (excludes halogenated alkanes) is 1. The SMILES string of the molecule is Cn1ccnc1CCCCC1(c2ccc(Cl)cc2)OCCO1. The Morgan fingerprint density at radius 1 is 1.18 bits per heavy atom. The Morgan fingerprint density at radius 3 is 2.55 bits per heavy atom. The van der Waals surface area contributed by atoms with Gasteiger partial charge >= 0.3 is 0 Å². The van der Waals surface area contributed by atoms with Gasteiger partial charge in [-0.2, -0.15) is 0 Å². The van der Waals surface area contributed by atoms with Crippen molar-refractivity contribution in [3.8, 4) is 0 Å². The molecule has 1 aliphatic heterocycles. The molecule has 2 aromatic rings. The third kappa shape index (κ3) is 3.35. The van der Waals surface area contributed by atoms with E-state index < -0.39 is 5.79 Å². The van der Waals surface area contributed by atoms with Crippen molar-refractivity contribution in [1.82, 2.24) is 9.55 Å². The number of imidazole rings is 1. The average molecular weight is 321 g/mol. The molecule has 0 N–H and O–H groups in total. The van der Waals surface area contributed by atoms with Crippen LogP contribution in [0.1, 0.15) is 30.7 Å². The van der Waals surface area contributed by atoms with Crippen molar-refractivity contribution in [3.05, 3.63) is 53.1 Å². The van der Waals surface area contributed by atoms with Crippen LogP contribution >= 0.6 is 11.6 Å². The number of hydrogen-bond acceptors (Lipinski definition) is 3. The van der Waals surface area contributed by atoms with E-state index in [0.717, 1.165) is 42.1 Å². The van der Waals surface area contributed by atoms with Gasteiger partial charge in [0.15, 0.2) is 5.79 Å². The van der Waals surface area contributed by atoms with E-state index in [2.05, 4.69) is 9.55 Å². The fraction of sp³-hybridized carbons (Fsp3) is 0.471. The van der Waals surface area contributed by atoms with Crippen LogP contribution < -0.4 is 0 Å². The molecule has 0 aliphatic carbocycles. The van der Waals surface area contributed by atoms with Gasteiger partial charge in [-0.05, 0) is 25.0 Å². The van der Waals surface area contributed by atoms with E-state index in [1.54, 1.807) is 0 Å². The molecule has 1 fully saturated rings. The minimum absolute atomic E-state index is 0.605. The molecule has 0 atom stereocenters. The van der Waals surface area contributed by atoms with Crippen LogP contribution in [-0.4, -0.2) is 22.8 Å². The van der Waals surface area contributed by atoms with Crippen LogP contribution in [0.5, 0.6) is 0 Å². The standard InChI is InChI=1S/C17H21ClN2O2/c1-20-11-10-19-16(20)4-2-3-9-17(21-12-13-22-17)14-5-7-15(18)8-6-14/h5-8,10-11H,2-4,9,12-13H2,1H3. The summed E-state index contributed by atoms with van der Waals surface area (Å²) in [6.45, 7) is 1.28. The van der Waals surface area contributed by atoms with Crippen LogP contribution in [0.4, 0.5) is 0 Å². The van der Waals surface area contributed by atoms with Gasteiger partial charge in [-0.25, -0.2) is 4.98 Å². The third-order valence-electron chi connectivity index (χ3n) is 4.12. The molecule has 4 nitrogen and oxygen atoms in total. The first-order chi connectivity index (χ1) is 10.7. The third-order valence-corrected chi connectivity index (χ3v) is 4.37. The first-order valence-corrected chi connectivity index (χ1v) is 8.08. The maximum atomic E-state index is 5.97. The highest BCUT2D eigenvalue weighted by Gasteiger charge is 2.37. The van der Waals surface area contributed by atoms with Crippen LogP contribution in [0.15, 0.2) is 36.7 Å². The van der Waals surface area contributed by atoms with Gasteiger partial charge < -0.3 is 14.0 Å². The summed E-state index contributed by atoms with van der Waals surface area (Å²) in [5.41, 5.74) is 1.05. The maximum absolute atomic E-state index is 5.97. The Labute approximate surface area is 136 Å². The molecule has 0 spiro atoms. The Hall–Kier alpha value is -1.36. The summed E-state index contributed by atoms with van der Waals surface area (Å²) in [4.78, 5) is 4.36. The zero-order chi connectivity index (χ0) is 15.4. The normalized spacial score (nSPS) is 17.0.